The Labute approximate surface area is 367 Å². The van der Waals surface area contributed by atoms with Gasteiger partial charge in [0.15, 0.2) is 6.10 Å². The maximum Gasteiger partial charge on any atom is 0.472 e. The van der Waals surface area contributed by atoms with Gasteiger partial charge in [-0.2, -0.15) is 0 Å². The number of ether oxygens (including phenoxy) is 2. The minimum atomic E-state index is -4.71. The molecule has 348 valence electrons. The first-order chi connectivity index (χ1) is 29.5. The Hall–Kier alpha value is -3.19. The van der Waals surface area contributed by atoms with E-state index < -0.39 is 70.6 Å². The lowest BCUT2D eigenvalue weighted by Gasteiger charge is -2.20. The third-order valence-electron chi connectivity index (χ3n) is 8.93. The van der Waals surface area contributed by atoms with E-state index >= 15 is 0 Å². The zero-order chi connectivity index (χ0) is 45.1. The first-order valence-corrected chi connectivity index (χ1v) is 23.9. The Morgan fingerprint density at radius 1 is 0.541 bits per heavy atom. The van der Waals surface area contributed by atoms with Crippen LogP contribution in [-0.2, 0) is 32.7 Å². The number of rotatable bonds is 40. The molecule has 0 bridgehead atoms. The molecule has 0 aliphatic rings. The molecule has 13 heteroatoms. The summed E-state index contributed by atoms with van der Waals surface area (Å²) in [5.41, 5.74) is 0. The standard InChI is InChI=1S/C48H79O12P/c1-3-5-7-9-11-13-15-17-18-19-20-21-22-23-25-27-29-31-33-37-48(54)60-44(42-59-61(55,56)58-40-43(50)39-49)41-57-47(53)38-34-36-46(52)45(51)35-32-30-28-26-24-16-14-12-10-8-6-4-2/h11-14,17-18,20-21,23-26,29-32,43-46,49-52H,3-10,15-16,19,22,27-28,33-42H2,1-2H3,(H,55,56)/b13-11-,14-12-,18-17-,21-20-,25-23-,26-24-,31-29-,32-30-/t43-,44+,45?,46?/m0/s1. The minimum absolute atomic E-state index is 0.00546. The van der Waals surface area contributed by atoms with E-state index in [0.29, 0.717) is 12.8 Å². The van der Waals surface area contributed by atoms with Gasteiger partial charge in [-0.15, -0.1) is 0 Å². The molecule has 0 heterocycles. The fourth-order valence-electron chi connectivity index (χ4n) is 5.31. The number of unbranched alkanes of at least 4 members (excludes halogenated alkanes) is 6. The first-order valence-electron chi connectivity index (χ1n) is 22.4. The number of allylic oxidation sites excluding steroid dienone is 15. The number of hydrogen-bond donors (Lipinski definition) is 5. The van der Waals surface area contributed by atoms with Crippen LogP contribution in [0.25, 0.3) is 0 Å². The van der Waals surface area contributed by atoms with Crippen LogP contribution in [0.5, 0.6) is 0 Å². The first kappa shape index (κ1) is 57.8. The molecule has 0 aliphatic carbocycles. The van der Waals surface area contributed by atoms with Crippen LogP contribution in [-0.4, -0.2) is 88.1 Å². The van der Waals surface area contributed by atoms with Crippen LogP contribution < -0.4 is 0 Å². The van der Waals surface area contributed by atoms with Crippen LogP contribution in [0.3, 0.4) is 0 Å². The molecule has 0 aromatic heterocycles. The van der Waals surface area contributed by atoms with Crippen molar-refractivity contribution in [3.63, 3.8) is 0 Å². The highest BCUT2D eigenvalue weighted by molar-refractivity contribution is 7.47. The van der Waals surface area contributed by atoms with Crippen molar-refractivity contribution in [1.82, 2.24) is 0 Å². The molecule has 5 N–H and O–H groups in total. The van der Waals surface area contributed by atoms with E-state index in [9.17, 15) is 34.4 Å². The van der Waals surface area contributed by atoms with Gasteiger partial charge in [-0.1, -0.05) is 137 Å². The predicted octanol–water partition coefficient (Wildman–Crippen LogP) is 9.94. The Morgan fingerprint density at radius 2 is 1.00 bits per heavy atom. The topological polar surface area (TPSA) is 189 Å². The molecule has 0 aromatic carbocycles. The summed E-state index contributed by atoms with van der Waals surface area (Å²) in [6, 6.07) is 0. The highest BCUT2D eigenvalue weighted by Gasteiger charge is 2.27. The summed E-state index contributed by atoms with van der Waals surface area (Å²) in [7, 11) is -4.71. The second-order valence-electron chi connectivity index (χ2n) is 14.7. The number of phosphoric ester groups is 1. The zero-order valence-electron chi connectivity index (χ0n) is 37.1. The maximum atomic E-state index is 12.6. The largest absolute Gasteiger partial charge is 0.472 e. The quantitative estimate of drug-likeness (QED) is 0.0170. The van der Waals surface area contributed by atoms with Gasteiger partial charge in [-0.25, -0.2) is 4.57 Å². The van der Waals surface area contributed by atoms with Gasteiger partial charge in [0.25, 0.3) is 0 Å². The van der Waals surface area contributed by atoms with Gasteiger partial charge in [-0.05, 0) is 89.9 Å². The van der Waals surface area contributed by atoms with Crippen LogP contribution >= 0.6 is 7.82 Å². The van der Waals surface area contributed by atoms with Gasteiger partial charge in [-0.3, -0.25) is 18.6 Å². The Balaban J connectivity index is 4.66. The molecule has 0 fully saturated rings. The number of carbonyl (C=O) groups excluding carboxylic acids is 2. The summed E-state index contributed by atoms with van der Waals surface area (Å²) in [6.07, 6.45) is 44.1. The van der Waals surface area contributed by atoms with Crippen molar-refractivity contribution in [2.45, 2.75) is 167 Å². The van der Waals surface area contributed by atoms with E-state index in [-0.39, 0.29) is 32.1 Å². The zero-order valence-corrected chi connectivity index (χ0v) is 38.0. The highest BCUT2D eigenvalue weighted by Crippen LogP contribution is 2.43. The molecular weight excluding hydrogens is 799 g/mol. The molecule has 0 amide bonds. The molecule has 61 heavy (non-hydrogen) atoms. The lowest BCUT2D eigenvalue weighted by atomic mass is 10.0. The fourth-order valence-corrected chi connectivity index (χ4v) is 6.10. The molecular formula is C48H79O12P. The Kier molecular flexibility index (Phi) is 39.9. The highest BCUT2D eigenvalue weighted by atomic mass is 31.2. The fraction of sp³-hybridized carbons (Fsp3) is 0.625. The number of carbonyl (C=O) groups is 2. The van der Waals surface area contributed by atoms with Crippen LogP contribution in [0, 0.1) is 0 Å². The lowest BCUT2D eigenvalue weighted by Crippen LogP contribution is -2.30. The number of aliphatic hydroxyl groups is 4. The van der Waals surface area contributed by atoms with Crippen molar-refractivity contribution in [3.8, 4) is 0 Å². The number of hydrogen-bond acceptors (Lipinski definition) is 11. The van der Waals surface area contributed by atoms with Gasteiger partial charge < -0.3 is 34.8 Å². The molecule has 12 nitrogen and oxygen atoms in total. The van der Waals surface area contributed by atoms with Gasteiger partial charge in [0, 0.05) is 12.8 Å². The van der Waals surface area contributed by atoms with Gasteiger partial charge in [0.2, 0.25) is 0 Å². The van der Waals surface area contributed by atoms with Crippen molar-refractivity contribution in [3.05, 3.63) is 97.2 Å². The van der Waals surface area contributed by atoms with E-state index in [4.69, 9.17) is 19.1 Å². The van der Waals surface area contributed by atoms with Gasteiger partial charge >= 0.3 is 19.8 Å². The van der Waals surface area contributed by atoms with Crippen LogP contribution in [0.4, 0.5) is 0 Å². The summed E-state index contributed by atoms with van der Waals surface area (Å²) in [5.74, 6) is -1.32. The lowest BCUT2D eigenvalue weighted by molar-refractivity contribution is -0.161. The van der Waals surface area contributed by atoms with Crippen molar-refractivity contribution in [2.75, 3.05) is 26.4 Å². The molecule has 0 radical (unpaired) electrons. The van der Waals surface area contributed by atoms with Crippen molar-refractivity contribution in [2.24, 2.45) is 0 Å². The third-order valence-corrected chi connectivity index (χ3v) is 9.88. The summed E-state index contributed by atoms with van der Waals surface area (Å²) >= 11 is 0. The maximum absolute atomic E-state index is 12.6. The molecule has 0 aromatic rings. The molecule has 0 rings (SSSR count). The molecule has 0 aliphatic heterocycles. The molecule has 5 atom stereocenters. The number of aliphatic hydroxyl groups excluding tert-OH is 4. The number of esters is 2. The van der Waals surface area contributed by atoms with Gasteiger partial charge in [0.1, 0.15) is 12.7 Å². The Bertz CT molecular complexity index is 1370. The van der Waals surface area contributed by atoms with Crippen molar-refractivity contribution in [1.29, 1.82) is 0 Å². The molecule has 0 saturated carbocycles. The van der Waals surface area contributed by atoms with Crippen molar-refractivity contribution < 1.29 is 58.0 Å². The average Bonchev–Trinajstić information content (AvgIpc) is 3.24. The van der Waals surface area contributed by atoms with Crippen LogP contribution in [0.2, 0.25) is 0 Å². The molecule has 0 spiro atoms. The van der Waals surface area contributed by atoms with Gasteiger partial charge in [0.05, 0.1) is 32.0 Å². The second-order valence-corrected chi connectivity index (χ2v) is 16.1. The van der Waals surface area contributed by atoms with E-state index in [1.54, 1.807) is 0 Å². The summed E-state index contributed by atoms with van der Waals surface area (Å²) in [4.78, 5) is 35.0. The smallest absolute Gasteiger partial charge is 0.462 e. The average molecular weight is 879 g/mol. The normalized spacial score (nSPS) is 15.7. The molecule has 3 unspecified atom stereocenters. The van der Waals surface area contributed by atoms with E-state index in [2.05, 4.69) is 85.2 Å². The predicted molar refractivity (Wildman–Crippen MR) is 244 cm³/mol. The SMILES string of the molecule is CCCCC/C=C\C/C=C\C/C=C\C/C=C\C/C=C\CCC(=O)O[C@H](COC(=O)CCCC(O)C(O)C/C=C\C/C=C\C/C=C\CCCCC)COP(=O)(O)OC[C@@H](O)CO. The van der Waals surface area contributed by atoms with Crippen LogP contribution in [0.15, 0.2) is 97.2 Å². The number of phosphoric acid groups is 1. The summed E-state index contributed by atoms with van der Waals surface area (Å²) in [6.45, 7) is 1.89. The van der Waals surface area contributed by atoms with E-state index in [1.165, 1.54) is 38.5 Å². The van der Waals surface area contributed by atoms with Crippen molar-refractivity contribution >= 4 is 19.8 Å². The van der Waals surface area contributed by atoms with E-state index in [0.717, 1.165) is 44.9 Å². The van der Waals surface area contributed by atoms with Crippen LogP contribution in [0.1, 0.15) is 142 Å². The summed E-state index contributed by atoms with van der Waals surface area (Å²) < 4.78 is 32.4. The third kappa shape index (κ3) is 40.6. The molecule has 0 saturated heterocycles. The Morgan fingerprint density at radius 3 is 1.49 bits per heavy atom. The van der Waals surface area contributed by atoms with E-state index in [1.807, 2.05) is 30.4 Å². The minimum Gasteiger partial charge on any atom is -0.462 e. The summed E-state index contributed by atoms with van der Waals surface area (Å²) in [5, 5.41) is 39.0. The second kappa shape index (κ2) is 42.1. The monoisotopic (exact) mass is 879 g/mol.